The highest BCUT2D eigenvalue weighted by Crippen LogP contribution is 2.22. The number of likely N-dealkylation sites (N-methyl/N-ethyl adjacent to an activating group) is 1. The summed E-state index contributed by atoms with van der Waals surface area (Å²) in [6.07, 6.45) is 0.261. The number of aromatic nitrogens is 1. The minimum Gasteiger partial charge on any atom is -0.456 e. The molecule has 0 saturated heterocycles. The molecule has 140 valence electrons. The van der Waals surface area contributed by atoms with Crippen molar-refractivity contribution >= 4 is 33.4 Å². The second-order valence-electron chi connectivity index (χ2n) is 6.08. The van der Waals surface area contributed by atoms with Crippen LogP contribution < -0.4 is 0 Å². The van der Waals surface area contributed by atoms with Gasteiger partial charge in [0.25, 0.3) is 5.91 Å². The van der Waals surface area contributed by atoms with E-state index >= 15 is 0 Å². The molecule has 5 nitrogen and oxygen atoms in total. The molecule has 0 atom stereocenters. The van der Waals surface area contributed by atoms with Gasteiger partial charge in [-0.2, -0.15) is 0 Å². The molecule has 0 spiro atoms. The Morgan fingerprint density at radius 3 is 2.67 bits per heavy atom. The lowest BCUT2D eigenvalue weighted by molar-refractivity contribution is -0.151. The van der Waals surface area contributed by atoms with Gasteiger partial charge in [0.05, 0.1) is 16.8 Å². The van der Waals surface area contributed by atoms with Crippen molar-refractivity contribution in [2.24, 2.45) is 0 Å². The van der Waals surface area contributed by atoms with Crippen molar-refractivity contribution in [3.8, 4) is 0 Å². The third kappa shape index (κ3) is 5.10. The predicted octanol–water partition coefficient (Wildman–Crippen LogP) is 3.57. The van der Waals surface area contributed by atoms with E-state index in [4.69, 9.17) is 4.74 Å². The summed E-state index contributed by atoms with van der Waals surface area (Å²) in [6.45, 7) is 0.0163. The molecule has 0 radical (unpaired) electrons. The molecular weight excluding hydrogens is 367 g/mol. The summed E-state index contributed by atoms with van der Waals surface area (Å²) in [6, 6.07) is 14.0. The van der Waals surface area contributed by atoms with Crippen LogP contribution in [0.3, 0.4) is 0 Å². The van der Waals surface area contributed by atoms with Crippen molar-refractivity contribution in [3.63, 3.8) is 0 Å². The van der Waals surface area contributed by atoms with Crippen LogP contribution >= 0.6 is 11.3 Å². The second-order valence-corrected chi connectivity index (χ2v) is 7.19. The average Bonchev–Trinajstić information content (AvgIpc) is 3.07. The summed E-state index contributed by atoms with van der Waals surface area (Å²) >= 11 is 1.53. The number of fused-ring (bicyclic) bond motifs is 1. The number of amides is 1. The first-order chi connectivity index (χ1) is 13.0. The Hall–Kier alpha value is -2.80. The van der Waals surface area contributed by atoms with Gasteiger partial charge in [-0.05, 0) is 30.2 Å². The predicted molar refractivity (Wildman–Crippen MR) is 102 cm³/mol. The SMILES string of the molecule is CN(Cc1nc2ccccc2s1)C(=O)COC(=O)CCc1ccccc1F. The van der Waals surface area contributed by atoms with Gasteiger partial charge in [-0.25, -0.2) is 9.37 Å². The number of carbonyl (C=O) groups excluding carboxylic acids is 2. The normalized spacial score (nSPS) is 10.7. The molecule has 1 amide bonds. The van der Waals surface area contributed by atoms with Crippen LogP contribution in [0.1, 0.15) is 17.0 Å². The van der Waals surface area contributed by atoms with E-state index in [0.717, 1.165) is 15.2 Å². The fourth-order valence-electron chi connectivity index (χ4n) is 2.54. The second kappa shape index (κ2) is 8.73. The largest absolute Gasteiger partial charge is 0.456 e. The number of aryl methyl sites for hydroxylation is 1. The number of halogens is 1. The van der Waals surface area contributed by atoms with Gasteiger partial charge in [-0.3, -0.25) is 9.59 Å². The van der Waals surface area contributed by atoms with E-state index in [1.807, 2.05) is 24.3 Å². The molecule has 0 aliphatic heterocycles. The fourth-order valence-corrected chi connectivity index (χ4v) is 3.56. The summed E-state index contributed by atoms with van der Waals surface area (Å²) < 4.78 is 19.6. The lowest BCUT2D eigenvalue weighted by atomic mass is 10.1. The van der Waals surface area contributed by atoms with E-state index < -0.39 is 5.97 Å². The van der Waals surface area contributed by atoms with Gasteiger partial charge in [0.15, 0.2) is 6.61 Å². The number of benzene rings is 2. The maximum Gasteiger partial charge on any atom is 0.306 e. The quantitative estimate of drug-likeness (QED) is 0.583. The molecule has 2 aromatic carbocycles. The Morgan fingerprint density at radius 1 is 1.15 bits per heavy atom. The maximum absolute atomic E-state index is 13.5. The highest BCUT2D eigenvalue weighted by atomic mass is 32.1. The smallest absolute Gasteiger partial charge is 0.306 e. The van der Waals surface area contributed by atoms with Gasteiger partial charge in [0.1, 0.15) is 10.8 Å². The average molecular weight is 386 g/mol. The molecule has 0 unspecified atom stereocenters. The van der Waals surface area contributed by atoms with Crippen molar-refractivity contribution in [2.75, 3.05) is 13.7 Å². The number of nitrogens with zero attached hydrogens (tertiary/aromatic N) is 2. The van der Waals surface area contributed by atoms with Gasteiger partial charge in [-0.15, -0.1) is 11.3 Å². The minimum atomic E-state index is -0.528. The highest BCUT2D eigenvalue weighted by molar-refractivity contribution is 7.18. The number of thiazole rings is 1. The molecule has 1 aromatic heterocycles. The van der Waals surface area contributed by atoms with E-state index in [9.17, 15) is 14.0 Å². The zero-order valence-electron chi connectivity index (χ0n) is 14.9. The Balaban J connectivity index is 1.45. The van der Waals surface area contributed by atoms with Gasteiger partial charge < -0.3 is 9.64 Å². The number of ether oxygens (including phenoxy) is 1. The number of hydrogen-bond acceptors (Lipinski definition) is 5. The molecule has 0 N–H and O–H groups in total. The molecule has 0 aliphatic carbocycles. The summed E-state index contributed by atoms with van der Waals surface area (Å²) in [4.78, 5) is 29.9. The van der Waals surface area contributed by atoms with Crippen LogP contribution in [0.25, 0.3) is 10.2 Å². The van der Waals surface area contributed by atoms with Crippen molar-refractivity contribution in [1.29, 1.82) is 0 Å². The van der Waals surface area contributed by atoms with Crippen molar-refractivity contribution in [3.05, 3.63) is 64.9 Å². The zero-order valence-corrected chi connectivity index (χ0v) is 15.7. The van der Waals surface area contributed by atoms with Gasteiger partial charge in [0.2, 0.25) is 0 Å². The van der Waals surface area contributed by atoms with Crippen LogP contribution in [-0.4, -0.2) is 35.4 Å². The zero-order chi connectivity index (χ0) is 19.2. The number of carbonyl (C=O) groups is 2. The summed E-state index contributed by atoms with van der Waals surface area (Å²) in [5.74, 6) is -1.19. The van der Waals surface area contributed by atoms with Crippen LogP contribution in [0.2, 0.25) is 0 Å². The standard InChI is InChI=1S/C20H19FN2O3S/c1-23(12-18-22-16-8-4-5-9-17(16)27-18)19(24)13-26-20(25)11-10-14-6-2-3-7-15(14)21/h2-9H,10-13H2,1H3. The van der Waals surface area contributed by atoms with Crippen LogP contribution in [-0.2, 0) is 27.3 Å². The van der Waals surface area contributed by atoms with E-state index in [1.54, 1.807) is 25.2 Å². The Bertz CT molecular complexity index is 924. The van der Waals surface area contributed by atoms with Crippen LogP contribution in [0.15, 0.2) is 48.5 Å². The Morgan fingerprint density at radius 2 is 1.89 bits per heavy atom. The molecule has 7 heteroatoms. The summed E-state index contributed by atoms with van der Waals surface area (Å²) in [5, 5.41) is 0.818. The highest BCUT2D eigenvalue weighted by Gasteiger charge is 2.15. The van der Waals surface area contributed by atoms with Gasteiger partial charge in [-0.1, -0.05) is 30.3 Å². The molecule has 0 aliphatic rings. The molecule has 3 rings (SSSR count). The molecule has 1 heterocycles. The third-order valence-electron chi connectivity index (χ3n) is 4.05. The van der Waals surface area contributed by atoms with Crippen molar-refractivity contribution in [1.82, 2.24) is 9.88 Å². The number of para-hydroxylation sites is 1. The van der Waals surface area contributed by atoms with E-state index in [-0.39, 0.29) is 31.2 Å². The molecule has 0 bridgehead atoms. The van der Waals surface area contributed by atoms with Gasteiger partial charge >= 0.3 is 5.97 Å². The molecule has 3 aromatic rings. The number of hydrogen-bond donors (Lipinski definition) is 0. The molecule has 0 fully saturated rings. The number of esters is 1. The van der Waals surface area contributed by atoms with Crippen LogP contribution in [0.4, 0.5) is 4.39 Å². The molecule has 0 saturated carbocycles. The van der Waals surface area contributed by atoms with Crippen LogP contribution in [0, 0.1) is 5.82 Å². The molecule has 27 heavy (non-hydrogen) atoms. The monoisotopic (exact) mass is 386 g/mol. The summed E-state index contributed by atoms with van der Waals surface area (Å²) in [5.41, 5.74) is 1.35. The van der Waals surface area contributed by atoms with Crippen LogP contribution in [0.5, 0.6) is 0 Å². The number of rotatable bonds is 7. The van der Waals surface area contributed by atoms with Crippen molar-refractivity contribution < 1.29 is 18.7 Å². The van der Waals surface area contributed by atoms with E-state index in [1.165, 1.54) is 22.3 Å². The van der Waals surface area contributed by atoms with E-state index in [2.05, 4.69) is 4.98 Å². The first-order valence-corrected chi connectivity index (χ1v) is 9.32. The lowest BCUT2D eigenvalue weighted by Crippen LogP contribution is -2.30. The molecular formula is C20H19FN2O3S. The van der Waals surface area contributed by atoms with E-state index in [0.29, 0.717) is 12.1 Å². The Kier molecular flexibility index (Phi) is 6.13. The topological polar surface area (TPSA) is 59.5 Å². The Labute approximate surface area is 160 Å². The fraction of sp³-hybridized carbons (Fsp3) is 0.250. The third-order valence-corrected chi connectivity index (χ3v) is 5.07. The lowest BCUT2D eigenvalue weighted by Gasteiger charge is -2.15. The first-order valence-electron chi connectivity index (χ1n) is 8.50. The first kappa shape index (κ1) is 19.0. The minimum absolute atomic E-state index is 0.0236. The summed E-state index contributed by atoms with van der Waals surface area (Å²) in [7, 11) is 1.64. The van der Waals surface area contributed by atoms with Gasteiger partial charge in [0, 0.05) is 13.5 Å². The maximum atomic E-state index is 13.5. The van der Waals surface area contributed by atoms with Crippen molar-refractivity contribution in [2.45, 2.75) is 19.4 Å².